The number of aromatic nitrogens is 1. The summed E-state index contributed by atoms with van der Waals surface area (Å²) in [7, 11) is 0. The lowest BCUT2D eigenvalue weighted by Gasteiger charge is -2.21. The van der Waals surface area contributed by atoms with Crippen LogP contribution in [0.3, 0.4) is 0 Å². The molecule has 1 aromatic heterocycles. The number of carbonyl (C=O) groups excluding carboxylic acids is 1. The number of rotatable bonds is 7. The van der Waals surface area contributed by atoms with Gasteiger partial charge in [-0.3, -0.25) is 9.69 Å². The van der Waals surface area contributed by atoms with Crippen molar-refractivity contribution in [2.45, 2.75) is 58.7 Å². The van der Waals surface area contributed by atoms with Crippen LogP contribution in [0.1, 0.15) is 56.4 Å². The highest BCUT2D eigenvalue weighted by Gasteiger charge is 2.29. The molecule has 0 radical (unpaired) electrons. The third-order valence-electron chi connectivity index (χ3n) is 4.30. The van der Waals surface area contributed by atoms with Gasteiger partial charge < -0.3 is 5.32 Å². The van der Waals surface area contributed by atoms with Gasteiger partial charge in [0.05, 0.1) is 5.69 Å². The van der Waals surface area contributed by atoms with Gasteiger partial charge in [0.2, 0.25) is 5.91 Å². The third-order valence-corrected chi connectivity index (χ3v) is 5.10. The van der Waals surface area contributed by atoms with E-state index in [1.165, 1.54) is 42.2 Å². The van der Waals surface area contributed by atoms with Gasteiger partial charge in [0.1, 0.15) is 0 Å². The zero-order valence-electron chi connectivity index (χ0n) is 14.6. The van der Waals surface area contributed by atoms with E-state index >= 15 is 0 Å². The summed E-state index contributed by atoms with van der Waals surface area (Å²) in [5.74, 6) is 0.501. The summed E-state index contributed by atoms with van der Waals surface area (Å²) < 4.78 is 0. The predicted molar refractivity (Wildman–Crippen MR) is 99.2 cm³/mol. The van der Waals surface area contributed by atoms with Crippen molar-refractivity contribution in [2.24, 2.45) is 0 Å². The Morgan fingerprint density at radius 2 is 2.00 bits per heavy atom. The van der Waals surface area contributed by atoms with Crippen LogP contribution >= 0.6 is 11.3 Å². The van der Waals surface area contributed by atoms with Crippen molar-refractivity contribution in [3.8, 4) is 0 Å². The molecular weight excluding hydrogens is 318 g/mol. The topological polar surface area (TPSA) is 45.2 Å². The van der Waals surface area contributed by atoms with Gasteiger partial charge in [0.15, 0.2) is 5.13 Å². The molecule has 0 aliphatic heterocycles. The molecule has 1 aliphatic carbocycles. The van der Waals surface area contributed by atoms with Crippen LogP contribution in [0.15, 0.2) is 29.6 Å². The predicted octanol–water partition coefficient (Wildman–Crippen LogP) is 4.39. The Hall–Kier alpha value is -1.72. The fraction of sp³-hybridized carbons (Fsp3) is 0.474. The number of nitrogens with one attached hydrogen (secondary N) is 1. The minimum absolute atomic E-state index is 0.0693. The molecule has 128 valence electrons. The second-order valence-corrected chi connectivity index (χ2v) is 7.72. The van der Waals surface area contributed by atoms with E-state index in [0.717, 1.165) is 18.8 Å². The van der Waals surface area contributed by atoms with E-state index in [1.54, 1.807) is 0 Å². The molecule has 1 fully saturated rings. The number of hydrogen-bond donors (Lipinski definition) is 1. The van der Waals surface area contributed by atoms with E-state index in [9.17, 15) is 4.79 Å². The van der Waals surface area contributed by atoms with Crippen molar-refractivity contribution in [2.75, 3.05) is 5.32 Å². The number of hydrogen-bond acceptors (Lipinski definition) is 4. The van der Waals surface area contributed by atoms with Crippen molar-refractivity contribution in [1.82, 2.24) is 9.88 Å². The van der Waals surface area contributed by atoms with Crippen LogP contribution in [-0.2, 0) is 17.9 Å². The molecule has 1 aliphatic rings. The highest BCUT2D eigenvalue weighted by Crippen LogP contribution is 2.30. The number of benzene rings is 1. The minimum atomic E-state index is -0.0693. The van der Waals surface area contributed by atoms with Gasteiger partial charge in [-0.1, -0.05) is 38.1 Å². The minimum Gasteiger partial charge on any atom is -0.302 e. The van der Waals surface area contributed by atoms with Crippen molar-refractivity contribution < 1.29 is 4.79 Å². The highest BCUT2D eigenvalue weighted by atomic mass is 32.1. The first-order valence-corrected chi connectivity index (χ1v) is 9.44. The summed E-state index contributed by atoms with van der Waals surface area (Å²) in [6.45, 7) is 7.75. The smallest absolute Gasteiger partial charge is 0.223 e. The lowest BCUT2D eigenvalue weighted by atomic mass is 10.0. The van der Waals surface area contributed by atoms with E-state index in [1.807, 2.05) is 5.38 Å². The second-order valence-electron chi connectivity index (χ2n) is 6.86. The summed E-state index contributed by atoms with van der Waals surface area (Å²) in [5, 5.41) is 5.49. The molecule has 5 heteroatoms. The normalized spacial score (nSPS) is 14.4. The molecule has 4 nitrogen and oxygen atoms in total. The summed E-state index contributed by atoms with van der Waals surface area (Å²) in [6, 6.07) is 9.63. The van der Waals surface area contributed by atoms with E-state index in [0.29, 0.717) is 17.1 Å². The molecule has 2 aromatic rings. The van der Waals surface area contributed by atoms with Crippen LogP contribution in [0.2, 0.25) is 0 Å². The molecule has 1 heterocycles. The summed E-state index contributed by atoms with van der Waals surface area (Å²) in [5.41, 5.74) is 3.77. The molecule has 0 bridgehead atoms. The fourth-order valence-corrected chi connectivity index (χ4v) is 3.54. The fourth-order valence-electron chi connectivity index (χ4n) is 2.79. The number of anilines is 1. The number of nitrogens with zero attached hydrogens (tertiary/aromatic N) is 2. The van der Waals surface area contributed by atoms with Crippen LogP contribution < -0.4 is 5.32 Å². The zero-order valence-corrected chi connectivity index (χ0v) is 15.4. The Bertz CT molecular complexity index is 689. The zero-order chi connectivity index (χ0) is 17.1. The SMILES string of the molecule is CC(=O)Nc1nc(CN(Cc2ccc(C(C)C)cc2)C2CC2)cs1. The van der Waals surface area contributed by atoms with Crippen LogP contribution in [-0.4, -0.2) is 21.8 Å². The van der Waals surface area contributed by atoms with Gasteiger partial charge in [-0.15, -0.1) is 11.3 Å². The standard InChI is InChI=1S/C19H25N3OS/c1-13(2)16-6-4-15(5-7-16)10-22(18-8-9-18)11-17-12-24-19(21-17)20-14(3)23/h4-7,12-13,18H,8-11H2,1-3H3,(H,20,21,23). The van der Waals surface area contributed by atoms with Crippen LogP contribution in [0.25, 0.3) is 0 Å². The van der Waals surface area contributed by atoms with Gasteiger partial charge in [-0.2, -0.15) is 0 Å². The van der Waals surface area contributed by atoms with Gasteiger partial charge in [0, 0.05) is 31.4 Å². The summed E-state index contributed by atoms with van der Waals surface area (Å²) in [4.78, 5) is 18.1. The Morgan fingerprint density at radius 3 is 2.58 bits per heavy atom. The molecule has 1 aromatic carbocycles. The van der Waals surface area contributed by atoms with E-state index < -0.39 is 0 Å². The third kappa shape index (κ3) is 4.65. The average Bonchev–Trinajstić information content (AvgIpc) is 3.29. The Morgan fingerprint density at radius 1 is 1.29 bits per heavy atom. The van der Waals surface area contributed by atoms with Gasteiger partial charge in [-0.05, 0) is 29.9 Å². The molecule has 0 spiro atoms. The molecule has 0 saturated heterocycles. The lowest BCUT2D eigenvalue weighted by molar-refractivity contribution is -0.114. The summed E-state index contributed by atoms with van der Waals surface area (Å²) >= 11 is 1.49. The van der Waals surface area contributed by atoms with Crippen molar-refractivity contribution in [1.29, 1.82) is 0 Å². The van der Waals surface area contributed by atoms with E-state index in [2.05, 4.69) is 53.3 Å². The Labute approximate surface area is 147 Å². The first-order chi connectivity index (χ1) is 11.5. The van der Waals surface area contributed by atoms with Crippen molar-refractivity contribution in [3.63, 3.8) is 0 Å². The van der Waals surface area contributed by atoms with Crippen LogP contribution in [0, 0.1) is 0 Å². The molecule has 0 atom stereocenters. The van der Waals surface area contributed by atoms with Gasteiger partial charge in [-0.25, -0.2) is 4.98 Å². The highest BCUT2D eigenvalue weighted by molar-refractivity contribution is 7.13. The van der Waals surface area contributed by atoms with Crippen molar-refractivity contribution >= 4 is 22.4 Å². The van der Waals surface area contributed by atoms with Crippen LogP contribution in [0.5, 0.6) is 0 Å². The maximum Gasteiger partial charge on any atom is 0.223 e. The monoisotopic (exact) mass is 343 g/mol. The van der Waals surface area contributed by atoms with E-state index in [4.69, 9.17) is 0 Å². The molecule has 0 unspecified atom stereocenters. The average molecular weight is 343 g/mol. The number of amides is 1. The first-order valence-electron chi connectivity index (χ1n) is 8.56. The molecule has 1 amide bonds. The molecule has 24 heavy (non-hydrogen) atoms. The van der Waals surface area contributed by atoms with Gasteiger partial charge in [0.25, 0.3) is 0 Å². The maximum atomic E-state index is 11.1. The summed E-state index contributed by atoms with van der Waals surface area (Å²) in [6.07, 6.45) is 2.54. The molecule has 1 N–H and O–H groups in total. The lowest BCUT2D eigenvalue weighted by Crippen LogP contribution is -2.25. The van der Waals surface area contributed by atoms with Crippen molar-refractivity contribution in [3.05, 3.63) is 46.5 Å². The second kappa shape index (κ2) is 7.45. The Balaban J connectivity index is 1.64. The first kappa shape index (κ1) is 17.1. The van der Waals surface area contributed by atoms with Crippen LogP contribution in [0.4, 0.5) is 5.13 Å². The largest absolute Gasteiger partial charge is 0.302 e. The quantitative estimate of drug-likeness (QED) is 0.811. The molecule has 1 saturated carbocycles. The molecule has 3 rings (SSSR count). The number of thiazole rings is 1. The number of carbonyl (C=O) groups is 1. The van der Waals surface area contributed by atoms with E-state index in [-0.39, 0.29) is 5.91 Å². The van der Waals surface area contributed by atoms with Gasteiger partial charge >= 0.3 is 0 Å². The molecular formula is C19H25N3OS. The maximum absolute atomic E-state index is 11.1. The Kier molecular flexibility index (Phi) is 5.31.